The number of allylic oxidation sites excluding steroid dienone is 1. The monoisotopic (exact) mass is 224 g/mol. The van der Waals surface area contributed by atoms with E-state index in [0.717, 1.165) is 0 Å². The third-order valence-electron chi connectivity index (χ3n) is 0.527. The number of amidine groups is 1. The second kappa shape index (κ2) is 6.11. The van der Waals surface area contributed by atoms with Crippen LogP contribution >= 0.6 is 0 Å². The van der Waals surface area contributed by atoms with E-state index in [-0.39, 0.29) is 11.3 Å². The molecule has 0 aromatic heterocycles. The van der Waals surface area contributed by atoms with Crippen LogP contribution in [-0.2, 0) is 0 Å². The molecule has 0 heterocycles. The fraction of sp³-hybridized carbons (Fsp3) is 0.400. The molecule has 0 saturated heterocycles. The molecule has 84 valence electrons. The van der Waals surface area contributed by atoms with Gasteiger partial charge in [0.25, 0.3) is 0 Å². The molecule has 0 saturated carbocycles. The second-order valence-corrected chi connectivity index (χ2v) is 1.88. The summed E-state index contributed by atoms with van der Waals surface area (Å²) in [5.74, 6) is -2.83. The molecule has 0 bridgehead atoms. The van der Waals surface area contributed by atoms with E-state index in [1.54, 1.807) is 0 Å². The summed E-state index contributed by atoms with van der Waals surface area (Å²) in [5, 5.41) is 6.94. The highest BCUT2D eigenvalue weighted by Gasteiger charge is 2.48. The van der Waals surface area contributed by atoms with Crippen LogP contribution in [0, 0.1) is 0 Å². The van der Waals surface area contributed by atoms with E-state index in [1.165, 1.54) is 6.92 Å². The topological polar surface area (TPSA) is 38.1 Å². The minimum Gasteiger partial charge on any atom is -0.876 e. The molecular weight excluding hydrogens is 218 g/mol. The molecule has 0 unspecified atom stereocenters. The second-order valence-electron chi connectivity index (χ2n) is 1.88. The van der Waals surface area contributed by atoms with Gasteiger partial charge in [-0.05, 0) is 4.48 Å². The predicted molar refractivity (Wildman–Crippen MR) is 32.6 cm³/mol. The van der Waals surface area contributed by atoms with Crippen LogP contribution in [0.1, 0.15) is 6.92 Å². The fourth-order valence-corrected chi connectivity index (χ4v) is 0.181. The van der Waals surface area contributed by atoms with Gasteiger partial charge in [-0.3, -0.25) is 0 Å². The summed E-state index contributed by atoms with van der Waals surface area (Å²) < 4.78 is 66.1. The number of nitrogens with one attached hydrogen (secondary N) is 1. The largest absolute Gasteiger partial charge is 0.876 e. The summed E-state index contributed by atoms with van der Waals surface area (Å²) in [5.41, 5.74) is -0.191. The molecule has 9 heteroatoms. The van der Waals surface area contributed by atoms with Crippen molar-refractivity contribution in [1.29, 1.82) is 0 Å². The Kier molecular flexibility index (Phi) is 6.58. The van der Waals surface area contributed by atoms with Gasteiger partial charge in [0.15, 0.2) is 0 Å². The lowest BCUT2D eigenvalue weighted by molar-refractivity contribution is -0.857. The first-order chi connectivity index (χ1) is 6.12. The molecule has 0 aromatic carbocycles. The highest BCUT2D eigenvalue weighted by molar-refractivity contribution is 5.81. The fourth-order valence-electron chi connectivity index (χ4n) is 0.181. The number of rotatable bonds is 0. The van der Waals surface area contributed by atoms with Gasteiger partial charge in [0.05, 0.1) is 0 Å². The Hall–Kier alpha value is -1.41. The van der Waals surface area contributed by atoms with E-state index in [0.29, 0.717) is 0 Å². The molecule has 3 nitrogen and oxygen atoms in total. The van der Waals surface area contributed by atoms with Crippen LogP contribution in [0.3, 0.4) is 0 Å². The first-order valence-electron chi connectivity index (χ1n) is 2.88. The van der Waals surface area contributed by atoms with E-state index in [1.807, 2.05) is 0 Å². The van der Waals surface area contributed by atoms with Crippen LogP contribution in [0.2, 0.25) is 0 Å². The van der Waals surface area contributed by atoms with Crippen molar-refractivity contribution in [3.05, 3.63) is 12.3 Å². The zero-order valence-corrected chi connectivity index (χ0v) is 6.83. The molecule has 0 radical (unpaired) electrons. The van der Waals surface area contributed by atoms with Crippen LogP contribution in [0.25, 0.3) is 0 Å². The van der Waals surface area contributed by atoms with Gasteiger partial charge in [-0.15, -0.1) is 12.3 Å². The third-order valence-corrected chi connectivity index (χ3v) is 0.527. The number of nitrogens with zero attached hydrogens (tertiary/aromatic N) is 1. The summed E-state index contributed by atoms with van der Waals surface area (Å²) >= 11 is 0. The predicted octanol–water partition coefficient (Wildman–Crippen LogP) is 1.08. The third kappa shape index (κ3) is 8.68. The van der Waals surface area contributed by atoms with E-state index < -0.39 is 17.0 Å². The van der Waals surface area contributed by atoms with Crippen LogP contribution in [0.15, 0.2) is 12.3 Å². The maximum atomic E-state index is 11.1. The van der Waals surface area contributed by atoms with Crippen molar-refractivity contribution in [3.63, 3.8) is 0 Å². The summed E-state index contributed by atoms with van der Waals surface area (Å²) in [6, 6.07) is 0. The molecule has 0 fully saturated rings. The van der Waals surface area contributed by atoms with Gasteiger partial charge < -0.3 is 5.11 Å². The van der Waals surface area contributed by atoms with Gasteiger partial charge in [0, 0.05) is 8.96 Å². The van der Waals surface area contributed by atoms with E-state index in [4.69, 9.17) is 0 Å². The van der Waals surface area contributed by atoms with Crippen molar-refractivity contribution in [2.75, 3.05) is 0 Å². The molecule has 0 aliphatic heterocycles. The minimum absolute atomic E-state index is 0.0833. The highest BCUT2D eigenvalue weighted by atomic mass is 19.4. The average Bonchev–Trinajstić information content (AvgIpc) is 1.81. The maximum absolute atomic E-state index is 11.1. The zero-order chi connectivity index (χ0) is 11.9. The van der Waals surface area contributed by atoms with Gasteiger partial charge in [-0.1, -0.05) is 12.5 Å². The van der Waals surface area contributed by atoms with Crippen molar-refractivity contribution >= 4 is 5.84 Å². The van der Waals surface area contributed by atoms with Gasteiger partial charge in [0.1, 0.15) is 5.02 Å². The molecule has 14 heavy (non-hydrogen) atoms. The molecular formula is C5H6F6N2O. The lowest BCUT2D eigenvalue weighted by Gasteiger charge is -1.96. The minimum atomic E-state index is -5.40. The summed E-state index contributed by atoms with van der Waals surface area (Å²) in [7, 11) is 0. The van der Waals surface area contributed by atoms with E-state index in [2.05, 4.69) is 6.58 Å². The Morgan fingerprint density at radius 2 is 1.64 bits per heavy atom. The molecule has 1 N–H and O–H groups in total. The molecule has 0 aromatic rings. The zero-order valence-electron chi connectivity index (χ0n) is 6.83. The molecule has 0 atom stereocenters. The van der Waals surface area contributed by atoms with Crippen LogP contribution < -0.4 is 10.6 Å². The lowest BCUT2D eigenvalue weighted by Crippen LogP contribution is -2.36. The number of halogens is 6. The normalized spacial score (nSPS) is 9.64. The Morgan fingerprint density at radius 3 is 1.64 bits per heavy atom. The Labute approximate surface area is 74.8 Å². The Morgan fingerprint density at radius 1 is 1.36 bits per heavy atom. The molecule has 0 aliphatic rings. The first-order valence-corrected chi connectivity index (χ1v) is 2.88. The van der Waals surface area contributed by atoms with Crippen LogP contribution in [-0.4, -0.2) is 17.0 Å². The highest BCUT2D eigenvalue weighted by Crippen LogP contribution is 2.15. The van der Waals surface area contributed by atoms with Crippen LogP contribution in [0.5, 0.6) is 0 Å². The van der Waals surface area contributed by atoms with Crippen LogP contribution in [0.4, 0.5) is 26.6 Å². The molecule has 0 aliphatic carbocycles. The summed E-state index contributed by atoms with van der Waals surface area (Å²) in [6.45, 7) is 4.42. The first kappa shape index (κ1) is 15.1. The maximum Gasteiger partial charge on any atom is 0.504 e. The van der Waals surface area contributed by atoms with Gasteiger partial charge >= 0.3 is 12.0 Å². The van der Waals surface area contributed by atoms with E-state index in [9.17, 15) is 31.7 Å². The van der Waals surface area contributed by atoms with E-state index >= 15 is 0 Å². The standard InChI is InChI=1S/C3H6O.C2F6N2/c1-3(2)4;3-2(4,5)1(9-6)10(7)8/h4H,1H2,2H3;. The summed E-state index contributed by atoms with van der Waals surface area (Å²) in [4.78, 5) is 0. The number of alkyl halides is 3. The van der Waals surface area contributed by atoms with Gasteiger partial charge in [0.2, 0.25) is 0 Å². The van der Waals surface area contributed by atoms with Gasteiger partial charge in [-0.2, -0.15) is 13.2 Å². The average molecular weight is 224 g/mol. The lowest BCUT2D eigenvalue weighted by atomic mass is 10.6. The Balaban J connectivity index is 0. The SMILES string of the molecule is C=C(C)[O-].FNC(=[N+](F)F)C(F)(F)F. The summed E-state index contributed by atoms with van der Waals surface area (Å²) in [6.07, 6.45) is -5.40. The van der Waals surface area contributed by atoms with Gasteiger partial charge in [-0.25, -0.2) is 0 Å². The van der Waals surface area contributed by atoms with Crippen molar-refractivity contribution < 1.29 is 36.7 Å². The molecule has 0 spiro atoms. The van der Waals surface area contributed by atoms with Crippen molar-refractivity contribution in [3.8, 4) is 0 Å². The van der Waals surface area contributed by atoms with Crippen molar-refractivity contribution in [2.24, 2.45) is 0 Å². The quantitative estimate of drug-likeness (QED) is 0.220. The number of hydrogen-bond donors (Lipinski definition) is 1. The van der Waals surface area contributed by atoms with Crippen molar-refractivity contribution in [1.82, 2.24) is 5.54 Å². The molecule has 0 amide bonds. The number of hydrogen-bond acceptors (Lipinski definition) is 1. The van der Waals surface area contributed by atoms with Crippen molar-refractivity contribution in [2.45, 2.75) is 13.1 Å². The molecule has 0 rings (SSSR count). The smallest absolute Gasteiger partial charge is 0.504 e. The Bertz CT molecular complexity index is 215.